The van der Waals surface area contributed by atoms with E-state index in [-0.39, 0.29) is 24.0 Å². The first kappa shape index (κ1) is 11.3. The summed E-state index contributed by atoms with van der Waals surface area (Å²) in [5.41, 5.74) is -0.330. The standard InChI is InChI=1S/C13H21NO3/c1-9(2)11-10-8-16-13(6-4-3-5-7-13)14(10)12(15)17-11/h9-11H,3-8H2,1-2H3/t10-,11+/m1/s1. The number of hydrogen-bond acceptors (Lipinski definition) is 3. The molecule has 0 aromatic carbocycles. The molecule has 0 unspecified atom stereocenters. The maximum atomic E-state index is 12.1. The molecule has 2 saturated heterocycles. The van der Waals surface area contributed by atoms with E-state index in [2.05, 4.69) is 13.8 Å². The Kier molecular flexibility index (Phi) is 2.58. The molecule has 96 valence electrons. The van der Waals surface area contributed by atoms with E-state index in [1.165, 1.54) is 6.42 Å². The van der Waals surface area contributed by atoms with Gasteiger partial charge in [-0.2, -0.15) is 0 Å². The number of cyclic esters (lactones) is 1. The summed E-state index contributed by atoms with van der Waals surface area (Å²) in [5.74, 6) is 0.358. The Bertz CT molecular complexity index is 323. The number of nitrogens with zero attached hydrogens (tertiary/aromatic N) is 1. The molecule has 1 aliphatic carbocycles. The molecule has 4 nitrogen and oxygen atoms in total. The minimum absolute atomic E-state index is 0.00352. The molecule has 0 radical (unpaired) electrons. The monoisotopic (exact) mass is 239 g/mol. The van der Waals surface area contributed by atoms with Crippen molar-refractivity contribution < 1.29 is 14.3 Å². The summed E-state index contributed by atoms with van der Waals surface area (Å²) in [6.07, 6.45) is 5.36. The van der Waals surface area contributed by atoms with Crippen molar-refractivity contribution in [3.05, 3.63) is 0 Å². The van der Waals surface area contributed by atoms with E-state index in [0.29, 0.717) is 12.5 Å². The molecule has 0 N–H and O–H groups in total. The van der Waals surface area contributed by atoms with Crippen LogP contribution in [-0.2, 0) is 9.47 Å². The molecule has 1 amide bonds. The topological polar surface area (TPSA) is 38.8 Å². The fourth-order valence-corrected chi connectivity index (χ4v) is 3.55. The van der Waals surface area contributed by atoms with Gasteiger partial charge < -0.3 is 9.47 Å². The lowest BCUT2D eigenvalue weighted by atomic mass is 9.90. The predicted molar refractivity (Wildman–Crippen MR) is 62.5 cm³/mol. The van der Waals surface area contributed by atoms with Gasteiger partial charge in [-0.25, -0.2) is 4.79 Å². The number of amides is 1. The molecule has 0 aromatic heterocycles. The van der Waals surface area contributed by atoms with Gasteiger partial charge in [0.2, 0.25) is 0 Å². The van der Waals surface area contributed by atoms with E-state index in [1.807, 2.05) is 4.90 Å². The number of carbonyl (C=O) groups excluding carboxylic acids is 1. The van der Waals surface area contributed by atoms with Gasteiger partial charge in [0.05, 0.1) is 12.6 Å². The van der Waals surface area contributed by atoms with Gasteiger partial charge in [0.25, 0.3) is 0 Å². The molecule has 3 aliphatic rings. The molecular formula is C13H21NO3. The zero-order chi connectivity index (χ0) is 12.0. The molecule has 1 saturated carbocycles. The molecule has 4 heteroatoms. The summed E-state index contributed by atoms with van der Waals surface area (Å²) in [6, 6.07) is 0.139. The summed E-state index contributed by atoms with van der Waals surface area (Å²) in [7, 11) is 0. The van der Waals surface area contributed by atoms with Crippen LogP contribution in [0.25, 0.3) is 0 Å². The second-order valence-electron chi connectivity index (χ2n) is 5.85. The van der Waals surface area contributed by atoms with Crippen molar-refractivity contribution in [2.75, 3.05) is 6.61 Å². The fourth-order valence-electron chi connectivity index (χ4n) is 3.55. The molecular weight excluding hydrogens is 218 g/mol. The van der Waals surface area contributed by atoms with Gasteiger partial charge in [-0.1, -0.05) is 20.3 Å². The van der Waals surface area contributed by atoms with E-state index < -0.39 is 0 Å². The summed E-state index contributed by atoms with van der Waals surface area (Å²) in [4.78, 5) is 14.0. The van der Waals surface area contributed by atoms with E-state index >= 15 is 0 Å². The Hall–Kier alpha value is -0.770. The third kappa shape index (κ3) is 1.57. The Morgan fingerprint density at radius 1 is 1.29 bits per heavy atom. The van der Waals surface area contributed by atoms with Gasteiger partial charge in [0.1, 0.15) is 11.8 Å². The van der Waals surface area contributed by atoms with Crippen molar-refractivity contribution >= 4 is 6.09 Å². The maximum absolute atomic E-state index is 12.1. The summed E-state index contributed by atoms with van der Waals surface area (Å²) >= 11 is 0. The maximum Gasteiger partial charge on any atom is 0.412 e. The van der Waals surface area contributed by atoms with E-state index in [1.54, 1.807) is 0 Å². The largest absolute Gasteiger partial charge is 0.443 e. The zero-order valence-electron chi connectivity index (χ0n) is 10.6. The number of hydrogen-bond donors (Lipinski definition) is 0. The van der Waals surface area contributed by atoms with Crippen LogP contribution in [0.3, 0.4) is 0 Å². The van der Waals surface area contributed by atoms with Crippen molar-refractivity contribution in [2.24, 2.45) is 5.92 Å². The van der Waals surface area contributed by atoms with Gasteiger partial charge in [-0.15, -0.1) is 0 Å². The van der Waals surface area contributed by atoms with Gasteiger partial charge in [-0.3, -0.25) is 4.90 Å². The van der Waals surface area contributed by atoms with Crippen LogP contribution in [0.1, 0.15) is 46.0 Å². The second-order valence-corrected chi connectivity index (χ2v) is 5.85. The number of carbonyl (C=O) groups is 1. The average Bonchev–Trinajstić information content (AvgIpc) is 2.82. The van der Waals surface area contributed by atoms with Crippen LogP contribution in [0.2, 0.25) is 0 Å². The van der Waals surface area contributed by atoms with Gasteiger partial charge in [0, 0.05) is 0 Å². The summed E-state index contributed by atoms with van der Waals surface area (Å²) < 4.78 is 11.5. The third-order valence-electron chi connectivity index (χ3n) is 4.40. The highest BCUT2D eigenvalue weighted by atomic mass is 16.6. The van der Waals surface area contributed by atoms with Crippen molar-refractivity contribution in [3.8, 4) is 0 Å². The zero-order valence-corrected chi connectivity index (χ0v) is 10.6. The van der Waals surface area contributed by atoms with Crippen LogP contribution in [0.15, 0.2) is 0 Å². The molecule has 2 atom stereocenters. The van der Waals surface area contributed by atoms with Gasteiger partial charge in [-0.05, 0) is 31.6 Å². The average molecular weight is 239 g/mol. The quantitative estimate of drug-likeness (QED) is 0.705. The first-order valence-corrected chi connectivity index (χ1v) is 6.78. The van der Waals surface area contributed by atoms with Crippen LogP contribution in [-0.4, -0.2) is 35.5 Å². The Balaban J connectivity index is 1.86. The highest BCUT2D eigenvalue weighted by molar-refractivity contribution is 5.72. The van der Waals surface area contributed by atoms with Crippen LogP contribution in [0.5, 0.6) is 0 Å². The van der Waals surface area contributed by atoms with Crippen molar-refractivity contribution in [1.82, 2.24) is 4.90 Å². The summed E-state index contributed by atoms with van der Waals surface area (Å²) in [6.45, 7) is 4.86. The molecule has 0 bridgehead atoms. The van der Waals surface area contributed by atoms with E-state index in [0.717, 1.165) is 25.7 Å². The van der Waals surface area contributed by atoms with Crippen LogP contribution >= 0.6 is 0 Å². The van der Waals surface area contributed by atoms with Crippen molar-refractivity contribution in [1.29, 1.82) is 0 Å². The molecule has 3 fully saturated rings. The minimum Gasteiger partial charge on any atom is -0.443 e. The molecule has 2 heterocycles. The highest BCUT2D eigenvalue weighted by Gasteiger charge is 2.58. The second kappa shape index (κ2) is 3.87. The van der Waals surface area contributed by atoms with Crippen LogP contribution in [0, 0.1) is 5.92 Å². The van der Waals surface area contributed by atoms with Crippen molar-refractivity contribution in [3.63, 3.8) is 0 Å². The van der Waals surface area contributed by atoms with Crippen LogP contribution < -0.4 is 0 Å². The minimum atomic E-state index is -0.330. The van der Waals surface area contributed by atoms with Crippen molar-refractivity contribution in [2.45, 2.75) is 63.8 Å². The number of ether oxygens (including phenoxy) is 2. The Labute approximate surface area is 102 Å². The normalized spacial score (nSPS) is 35.5. The van der Waals surface area contributed by atoms with Crippen LogP contribution in [0.4, 0.5) is 4.79 Å². The highest BCUT2D eigenvalue weighted by Crippen LogP contribution is 2.45. The molecule has 2 aliphatic heterocycles. The number of rotatable bonds is 1. The molecule has 0 aromatic rings. The lowest BCUT2D eigenvalue weighted by Crippen LogP contribution is -2.49. The molecule has 3 rings (SSSR count). The number of fused-ring (bicyclic) bond motifs is 2. The first-order chi connectivity index (χ1) is 8.14. The van der Waals surface area contributed by atoms with Gasteiger partial charge in [0.15, 0.2) is 0 Å². The lowest BCUT2D eigenvalue weighted by Gasteiger charge is -2.38. The fraction of sp³-hybridized carbons (Fsp3) is 0.923. The van der Waals surface area contributed by atoms with Gasteiger partial charge >= 0.3 is 6.09 Å². The smallest absolute Gasteiger partial charge is 0.412 e. The summed E-state index contributed by atoms with van der Waals surface area (Å²) in [5, 5.41) is 0. The van der Waals surface area contributed by atoms with E-state index in [9.17, 15) is 4.79 Å². The van der Waals surface area contributed by atoms with E-state index in [4.69, 9.17) is 9.47 Å². The Morgan fingerprint density at radius 3 is 2.65 bits per heavy atom. The molecule has 17 heavy (non-hydrogen) atoms. The SMILES string of the molecule is CC(C)[C@@H]1OC(=O)N2[C@@H]1COC21CCCCC1. The predicted octanol–water partition coefficient (Wildman–Crippen LogP) is 2.52. The third-order valence-corrected chi connectivity index (χ3v) is 4.40. The first-order valence-electron chi connectivity index (χ1n) is 6.78. The lowest BCUT2D eigenvalue weighted by molar-refractivity contribution is -0.0933. The molecule has 1 spiro atoms. The Morgan fingerprint density at radius 2 is 2.00 bits per heavy atom.